The Bertz CT molecular complexity index is 505. The maximum atomic E-state index is 5.26. The molecule has 0 saturated heterocycles. The molecule has 0 aliphatic carbocycles. The van der Waals surface area contributed by atoms with E-state index in [1.54, 1.807) is 10.9 Å². The number of nitrogen functional groups attached to an aromatic ring is 1. The summed E-state index contributed by atoms with van der Waals surface area (Å²) in [5.74, 6) is 6.40. The number of anilines is 2. The predicted octanol–water partition coefficient (Wildman–Crippen LogP) is 0.416. The third kappa shape index (κ3) is 2.70. The van der Waals surface area contributed by atoms with Crippen LogP contribution < -0.4 is 16.6 Å². The standard InChI is InChI=1S/C10H15N7/c1-7-5-13-10(15-11)14-9(7)12-6-8-3-4-17(2)16-8/h3-5H,6,11H2,1-2H3,(H2,12,13,14,15). The van der Waals surface area contributed by atoms with Crippen molar-refractivity contribution < 1.29 is 0 Å². The molecule has 0 aromatic carbocycles. The third-order valence-corrected chi connectivity index (χ3v) is 2.31. The summed E-state index contributed by atoms with van der Waals surface area (Å²) >= 11 is 0. The van der Waals surface area contributed by atoms with Gasteiger partial charge in [-0.2, -0.15) is 10.1 Å². The summed E-state index contributed by atoms with van der Waals surface area (Å²) < 4.78 is 1.76. The number of rotatable bonds is 4. The Morgan fingerprint density at radius 1 is 1.47 bits per heavy atom. The van der Waals surface area contributed by atoms with Gasteiger partial charge in [0.1, 0.15) is 5.82 Å². The molecule has 4 N–H and O–H groups in total. The van der Waals surface area contributed by atoms with E-state index in [1.807, 2.05) is 26.2 Å². The minimum absolute atomic E-state index is 0.388. The number of nitrogens with two attached hydrogens (primary N) is 1. The molecular weight excluding hydrogens is 218 g/mol. The zero-order valence-corrected chi connectivity index (χ0v) is 9.81. The van der Waals surface area contributed by atoms with E-state index in [1.165, 1.54) is 0 Å². The Hall–Kier alpha value is -2.15. The lowest BCUT2D eigenvalue weighted by Crippen LogP contribution is -2.12. The minimum atomic E-state index is 0.388. The number of aryl methyl sites for hydroxylation is 2. The molecular formula is C10H15N7. The number of aromatic nitrogens is 4. The van der Waals surface area contributed by atoms with E-state index >= 15 is 0 Å². The van der Waals surface area contributed by atoms with Crippen LogP contribution in [0.3, 0.4) is 0 Å². The van der Waals surface area contributed by atoms with Crippen LogP contribution in [0.2, 0.25) is 0 Å². The SMILES string of the molecule is Cc1cnc(NN)nc1NCc1ccn(C)n1. The van der Waals surface area contributed by atoms with Crippen LogP contribution in [-0.2, 0) is 13.6 Å². The summed E-state index contributed by atoms with van der Waals surface area (Å²) in [6.45, 7) is 2.55. The van der Waals surface area contributed by atoms with Gasteiger partial charge in [-0.25, -0.2) is 10.8 Å². The van der Waals surface area contributed by atoms with Crippen molar-refractivity contribution in [3.63, 3.8) is 0 Å². The summed E-state index contributed by atoms with van der Waals surface area (Å²) in [6.07, 6.45) is 3.61. The molecule has 0 fully saturated rings. The first-order valence-corrected chi connectivity index (χ1v) is 5.21. The van der Waals surface area contributed by atoms with Crippen molar-refractivity contribution in [3.05, 3.63) is 29.7 Å². The zero-order valence-electron chi connectivity index (χ0n) is 9.81. The smallest absolute Gasteiger partial charge is 0.239 e. The highest BCUT2D eigenvalue weighted by atomic mass is 15.3. The highest BCUT2D eigenvalue weighted by Crippen LogP contribution is 2.12. The van der Waals surface area contributed by atoms with Gasteiger partial charge in [-0.05, 0) is 13.0 Å². The van der Waals surface area contributed by atoms with E-state index in [-0.39, 0.29) is 0 Å². The Labute approximate surface area is 99.0 Å². The normalized spacial score (nSPS) is 10.3. The van der Waals surface area contributed by atoms with Gasteiger partial charge in [0.25, 0.3) is 0 Å². The summed E-state index contributed by atoms with van der Waals surface area (Å²) in [4.78, 5) is 8.23. The van der Waals surface area contributed by atoms with Gasteiger partial charge in [0.2, 0.25) is 5.95 Å². The average Bonchev–Trinajstić information content (AvgIpc) is 2.74. The number of nitrogens with one attached hydrogen (secondary N) is 2. The van der Waals surface area contributed by atoms with Gasteiger partial charge in [-0.1, -0.05) is 0 Å². The van der Waals surface area contributed by atoms with E-state index in [2.05, 4.69) is 25.8 Å². The molecule has 0 atom stereocenters. The molecule has 0 bridgehead atoms. The van der Waals surface area contributed by atoms with E-state index in [4.69, 9.17) is 5.84 Å². The van der Waals surface area contributed by atoms with Gasteiger partial charge in [0, 0.05) is 25.0 Å². The van der Waals surface area contributed by atoms with Crippen LogP contribution in [0.15, 0.2) is 18.5 Å². The largest absolute Gasteiger partial charge is 0.364 e. The van der Waals surface area contributed by atoms with Crippen LogP contribution in [0.25, 0.3) is 0 Å². The quantitative estimate of drug-likeness (QED) is 0.523. The van der Waals surface area contributed by atoms with Crippen molar-refractivity contribution in [3.8, 4) is 0 Å². The molecule has 0 radical (unpaired) electrons. The average molecular weight is 233 g/mol. The first kappa shape index (κ1) is 11.3. The second-order valence-corrected chi connectivity index (χ2v) is 3.70. The zero-order chi connectivity index (χ0) is 12.3. The van der Waals surface area contributed by atoms with Gasteiger partial charge in [0.05, 0.1) is 12.2 Å². The van der Waals surface area contributed by atoms with Crippen molar-refractivity contribution in [2.24, 2.45) is 12.9 Å². The first-order chi connectivity index (χ1) is 8.19. The molecule has 7 heteroatoms. The summed E-state index contributed by atoms with van der Waals surface area (Å²) in [7, 11) is 1.88. The van der Waals surface area contributed by atoms with Crippen LogP contribution in [0.4, 0.5) is 11.8 Å². The topological polar surface area (TPSA) is 93.7 Å². The molecule has 90 valence electrons. The van der Waals surface area contributed by atoms with Crippen LogP contribution in [-0.4, -0.2) is 19.7 Å². The molecule has 2 aromatic heterocycles. The van der Waals surface area contributed by atoms with Crippen LogP contribution in [0, 0.1) is 6.92 Å². The predicted molar refractivity (Wildman–Crippen MR) is 65.1 cm³/mol. The van der Waals surface area contributed by atoms with Gasteiger partial charge < -0.3 is 5.32 Å². The van der Waals surface area contributed by atoms with Crippen molar-refractivity contribution in [2.75, 3.05) is 10.7 Å². The Morgan fingerprint density at radius 3 is 2.94 bits per heavy atom. The van der Waals surface area contributed by atoms with Gasteiger partial charge in [-0.15, -0.1) is 0 Å². The fraction of sp³-hybridized carbons (Fsp3) is 0.300. The first-order valence-electron chi connectivity index (χ1n) is 5.21. The summed E-state index contributed by atoms with van der Waals surface area (Å²) in [5.41, 5.74) is 4.32. The molecule has 0 spiro atoms. The highest BCUT2D eigenvalue weighted by Gasteiger charge is 2.03. The lowest BCUT2D eigenvalue weighted by atomic mass is 10.3. The van der Waals surface area contributed by atoms with Crippen molar-refractivity contribution in [2.45, 2.75) is 13.5 Å². The maximum Gasteiger partial charge on any atom is 0.239 e. The Balaban J connectivity index is 2.07. The van der Waals surface area contributed by atoms with E-state index < -0.39 is 0 Å². The van der Waals surface area contributed by atoms with Crippen molar-refractivity contribution in [1.82, 2.24) is 19.7 Å². The molecule has 7 nitrogen and oxygen atoms in total. The number of hydrogen-bond acceptors (Lipinski definition) is 6. The number of hydrogen-bond donors (Lipinski definition) is 3. The Kier molecular flexibility index (Phi) is 3.20. The molecule has 2 aromatic rings. The van der Waals surface area contributed by atoms with Crippen LogP contribution in [0.5, 0.6) is 0 Å². The van der Waals surface area contributed by atoms with E-state index in [0.717, 1.165) is 17.1 Å². The number of hydrazine groups is 1. The van der Waals surface area contributed by atoms with Crippen LogP contribution in [0.1, 0.15) is 11.3 Å². The summed E-state index contributed by atoms with van der Waals surface area (Å²) in [5, 5.41) is 7.46. The third-order valence-electron chi connectivity index (χ3n) is 2.31. The molecule has 0 saturated carbocycles. The van der Waals surface area contributed by atoms with E-state index in [9.17, 15) is 0 Å². The fourth-order valence-electron chi connectivity index (χ4n) is 1.42. The Morgan fingerprint density at radius 2 is 2.29 bits per heavy atom. The van der Waals surface area contributed by atoms with Gasteiger partial charge in [0.15, 0.2) is 0 Å². The fourth-order valence-corrected chi connectivity index (χ4v) is 1.42. The highest BCUT2D eigenvalue weighted by molar-refractivity contribution is 5.46. The molecule has 0 aliphatic heterocycles. The monoisotopic (exact) mass is 233 g/mol. The minimum Gasteiger partial charge on any atom is -0.364 e. The van der Waals surface area contributed by atoms with Gasteiger partial charge >= 0.3 is 0 Å². The van der Waals surface area contributed by atoms with Crippen LogP contribution >= 0.6 is 0 Å². The molecule has 2 heterocycles. The second kappa shape index (κ2) is 4.79. The molecule has 0 aliphatic rings. The van der Waals surface area contributed by atoms with Crippen molar-refractivity contribution >= 4 is 11.8 Å². The maximum absolute atomic E-state index is 5.26. The number of nitrogens with zero attached hydrogens (tertiary/aromatic N) is 4. The molecule has 0 amide bonds. The van der Waals surface area contributed by atoms with E-state index in [0.29, 0.717) is 12.5 Å². The summed E-state index contributed by atoms with van der Waals surface area (Å²) in [6, 6.07) is 1.95. The second-order valence-electron chi connectivity index (χ2n) is 3.70. The van der Waals surface area contributed by atoms with Crippen molar-refractivity contribution in [1.29, 1.82) is 0 Å². The lowest BCUT2D eigenvalue weighted by Gasteiger charge is -2.08. The molecule has 2 rings (SSSR count). The molecule has 17 heavy (non-hydrogen) atoms. The molecule has 0 unspecified atom stereocenters. The van der Waals surface area contributed by atoms with Gasteiger partial charge in [-0.3, -0.25) is 10.1 Å². The lowest BCUT2D eigenvalue weighted by molar-refractivity contribution is 0.746.